The van der Waals surface area contributed by atoms with Crippen molar-refractivity contribution in [1.82, 2.24) is 3.59 Å². The molecule has 0 unspecified atom stereocenters. The Bertz CT molecular complexity index is 718. The standard InChI is InChI=1S/C15H10BrF2N/c1-9-10-5-2-3-8-13(10)19(16)15(9)14-11(17)6-4-7-12(14)18/h2-8H,1H3. The maximum Gasteiger partial charge on any atom is 0.135 e. The number of hydrogen-bond donors (Lipinski definition) is 0. The Balaban J connectivity index is 2.44. The van der Waals surface area contributed by atoms with Crippen LogP contribution in [0.5, 0.6) is 0 Å². The van der Waals surface area contributed by atoms with Crippen molar-refractivity contribution in [3.05, 3.63) is 59.7 Å². The van der Waals surface area contributed by atoms with Crippen LogP contribution >= 0.6 is 16.1 Å². The highest BCUT2D eigenvalue weighted by molar-refractivity contribution is 9.08. The Labute approximate surface area is 117 Å². The Hall–Kier alpha value is -1.68. The van der Waals surface area contributed by atoms with E-state index in [0.29, 0.717) is 5.69 Å². The molecule has 0 saturated carbocycles. The lowest BCUT2D eigenvalue weighted by Crippen LogP contribution is -1.94. The monoisotopic (exact) mass is 321 g/mol. The highest BCUT2D eigenvalue weighted by atomic mass is 79.9. The number of benzene rings is 2. The molecule has 0 spiro atoms. The van der Waals surface area contributed by atoms with Gasteiger partial charge in [-0.2, -0.15) is 0 Å². The summed E-state index contributed by atoms with van der Waals surface area (Å²) in [7, 11) is 0. The van der Waals surface area contributed by atoms with E-state index in [1.165, 1.54) is 18.2 Å². The Kier molecular flexibility index (Phi) is 2.90. The molecule has 0 fully saturated rings. The van der Waals surface area contributed by atoms with Crippen molar-refractivity contribution in [2.45, 2.75) is 6.92 Å². The molecule has 0 aliphatic heterocycles. The Morgan fingerprint density at radius 3 is 2.21 bits per heavy atom. The van der Waals surface area contributed by atoms with E-state index in [4.69, 9.17) is 0 Å². The van der Waals surface area contributed by atoms with Gasteiger partial charge in [0.05, 0.1) is 32.9 Å². The molecule has 0 aliphatic rings. The number of rotatable bonds is 1. The predicted octanol–water partition coefficient (Wildman–Crippen LogP) is 5.05. The van der Waals surface area contributed by atoms with Crippen LogP contribution in [0, 0.1) is 18.6 Å². The molecule has 0 N–H and O–H groups in total. The molecule has 0 bridgehead atoms. The lowest BCUT2D eigenvalue weighted by molar-refractivity contribution is 0.588. The van der Waals surface area contributed by atoms with Gasteiger partial charge in [-0.15, -0.1) is 0 Å². The lowest BCUT2D eigenvalue weighted by atomic mass is 10.1. The number of hydrogen-bond acceptors (Lipinski definition) is 0. The number of fused-ring (bicyclic) bond motifs is 1. The second-order valence-electron chi connectivity index (χ2n) is 4.37. The molecule has 3 aromatic rings. The van der Waals surface area contributed by atoms with Crippen molar-refractivity contribution in [2.75, 3.05) is 0 Å². The summed E-state index contributed by atoms with van der Waals surface area (Å²) in [6.07, 6.45) is 0. The van der Waals surface area contributed by atoms with Gasteiger partial charge in [-0.3, -0.25) is 3.59 Å². The minimum atomic E-state index is -0.563. The smallest absolute Gasteiger partial charge is 0.135 e. The predicted molar refractivity (Wildman–Crippen MR) is 76.4 cm³/mol. The molecule has 0 radical (unpaired) electrons. The first kappa shape index (κ1) is 12.4. The van der Waals surface area contributed by atoms with Crippen LogP contribution in [-0.4, -0.2) is 3.59 Å². The van der Waals surface area contributed by atoms with Crippen LogP contribution in [0.3, 0.4) is 0 Å². The summed E-state index contributed by atoms with van der Waals surface area (Å²) in [5.74, 6) is -1.13. The summed E-state index contributed by atoms with van der Waals surface area (Å²) in [5.41, 5.74) is 2.24. The third kappa shape index (κ3) is 1.78. The van der Waals surface area contributed by atoms with Crippen LogP contribution in [-0.2, 0) is 0 Å². The van der Waals surface area contributed by atoms with Gasteiger partial charge in [-0.1, -0.05) is 24.3 Å². The number of para-hydroxylation sites is 1. The third-order valence-electron chi connectivity index (χ3n) is 3.27. The molecule has 3 rings (SSSR count). The summed E-state index contributed by atoms with van der Waals surface area (Å²) < 4.78 is 29.6. The SMILES string of the molecule is Cc1c(-c2c(F)cccc2F)n(Br)c2ccccc12. The molecule has 19 heavy (non-hydrogen) atoms. The number of aryl methyl sites for hydroxylation is 1. The molecule has 2 aromatic carbocycles. The minimum Gasteiger partial charge on any atom is -0.275 e. The second kappa shape index (κ2) is 4.46. The van der Waals surface area contributed by atoms with E-state index in [1.54, 1.807) is 3.59 Å². The molecular formula is C15H10BrF2N. The summed E-state index contributed by atoms with van der Waals surface area (Å²) in [4.78, 5) is 0. The van der Waals surface area contributed by atoms with Crippen LogP contribution in [0.25, 0.3) is 22.2 Å². The van der Waals surface area contributed by atoms with Crippen LogP contribution in [0.4, 0.5) is 8.78 Å². The van der Waals surface area contributed by atoms with E-state index in [9.17, 15) is 8.78 Å². The summed E-state index contributed by atoms with van der Waals surface area (Å²) in [6, 6.07) is 11.5. The number of aromatic nitrogens is 1. The van der Waals surface area contributed by atoms with E-state index in [0.717, 1.165) is 16.5 Å². The summed E-state index contributed by atoms with van der Waals surface area (Å²) in [6.45, 7) is 1.86. The Morgan fingerprint density at radius 2 is 1.58 bits per heavy atom. The van der Waals surface area contributed by atoms with E-state index < -0.39 is 11.6 Å². The zero-order chi connectivity index (χ0) is 13.6. The first-order chi connectivity index (χ1) is 9.11. The molecule has 1 nitrogen and oxygen atoms in total. The van der Waals surface area contributed by atoms with Gasteiger partial charge in [0.15, 0.2) is 0 Å². The zero-order valence-corrected chi connectivity index (χ0v) is 11.7. The highest BCUT2D eigenvalue weighted by Gasteiger charge is 2.20. The topological polar surface area (TPSA) is 4.93 Å². The molecule has 96 valence electrons. The second-order valence-corrected chi connectivity index (χ2v) is 5.08. The maximum absolute atomic E-state index is 14.0. The lowest BCUT2D eigenvalue weighted by Gasteiger charge is -2.07. The fourth-order valence-electron chi connectivity index (χ4n) is 2.37. The zero-order valence-electron chi connectivity index (χ0n) is 10.1. The van der Waals surface area contributed by atoms with Gasteiger partial charge in [-0.05, 0) is 30.7 Å². The van der Waals surface area contributed by atoms with Gasteiger partial charge < -0.3 is 0 Å². The molecule has 0 saturated heterocycles. The van der Waals surface area contributed by atoms with Crippen LogP contribution in [0.15, 0.2) is 42.5 Å². The minimum absolute atomic E-state index is 0.00641. The summed E-state index contributed by atoms with van der Waals surface area (Å²) in [5, 5.41) is 0.969. The van der Waals surface area contributed by atoms with Crippen LogP contribution in [0.2, 0.25) is 0 Å². The van der Waals surface area contributed by atoms with Crippen molar-refractivity contribution in [1.29, 1.82) is 0 Å². The van der Waals surface area contributed by atoms with Crippen LogP contribution < -0.4 is 0 Å². The first-order valence-electron chi connectivity index (χ1n) is 5.82. The van der Waals surface area contributed by atoms with E-state index in [-0.39, 0.29) is 5.56 Å². The fraction of sp³-hybridized carbons (Fsp3) is 0.0667. The fourth-order valence-corrected chi connectivity index (χ4v) is 3.12. The van der Waals surface area contributed by atoms with Gasteiger partial charge in [0, 0.05) is 5.39 Å². The van der Waals surface area contributed by atoms with Crippen molar-refractivity contribution < 1.29 is 8.78 Å². The van der Waals surface area contributed by atoms with E-state index >= 15 is 0 Å². The van der Waals surface area contributed by atoms with E-state index in [1.807, 2.05) is 31.2 Å². The van der Waals surface area contributed by atoms with Gasteiger partial charge >= 0.3 is 0 Å². The van der Waals surface area contributed by atoms with E-state index in [2.05, 4.69) is 16.1 Å². The molecule has 1 aromatic heterocycles. The quantitative estimate of drug-likeness (QED) is 0.591. The van der Waals surface area contributed by atoms with Gasteiger partial charge in [0.25, 0.3) is 0 Å². The highest BCUT2D eigenvalue weighted by Crippen LogP contribution is 2.37. The van der Waals surface area contributed by atoms with Crippen molar-refractivity contribution in [2.24, 2.45) is 0 Å². The molecule has 0 aliphatic carbocycles. The average Bonchev–Trinajstić information content (AvgIpc) is 2.64. The summed E-state index contributed by atoms with van der Waals surface area (Å²) >= 11 is 3.39. The third-order valence-corrected chi connectivity index (χ3v) is 4.01. The average molecular weight is 322 g/mol. The van der Waals surface area contributed by atoms with Crippen molar-refractivity contribution in [3.63, 3.8) is 0 Å². The van der Waals surface area contributed by atoms with Gasteiger partial charge in [0.2, 0.25) is 0 Å². The molecule has 4 heteroatoms. The molecule has 0 amide bonds. The van der Waals surface area contributed by atoms with Crippen molar-refractivity contribution >= 4 is 27.1 Å². The maximum atomic E-state index is 14.0. The first-order valence-corrected chi connectivity index (χ1v) is 6.52. The van der Waals surface area contributed by atoms with Crippen molar-refractivity contribution in [3.8, 4) is 11.3 Å². The molecule has 1 heterocycles. The molecule has 0 atom stereocenters. The largest absolute Gasteiger partial charge is 0.275 e. The number of halogens is 3. The number of nitrogens with zero attached hydrogens (tertiary/aromatic N) is 1. The normalized spacial score (nSPS) is 11.2. The van der Waals surface area contributed by atoms with Gasteiger partial charge in [-0.25, -0.2) is 8.78 Å². The molecular weight excluding hydrogens is 312 g/mol. The van der Waals surface area contributed by atoms with Gasteiger partial charge in [0.1, 0.15) is 11.6 Å². The Morgan fingerprint density at radius 1 is 0.947 bits per heavy atom. The van der Waals surface area contributed by atoms with Crippen LogP contribution in [0.1, 0.15) is 5.56 Å².